The predicted octanol–water partition coefficient (Wildman–Crippen LogP) is 2.94. The molecule has 0 radical (unpaired) electrons. The van der Waals surface area contributed by atoms with Crippen LogP contribution < -0.4 is 4.74 Å². The lowest BCUT2D eigenvalue weighted by molar-refractivity contribution is 0.142. The Hall–Kier alpha value is -1.30. The second-order valence-electron chi connectivity index (χ2n) is 4.65. The summed E-state index contributed by atoms with van der Waals surface area (Å²) in [4.78, 5) is 0.102. The molecule has 2 aromatic carbocycles. The van der Waals surface area contributed by atoms with Gasteiger partial charge in [-0.15, -0.1) is 0 Å². The molecule has 1 atom stereocenters. The zero-order chi connectivity index (χ0) is 14.2. The van der Waals surface area contributed by atoms with Crippen LogP contribution in [0.1, 0.15) is 6.42 Å². The molecule has 1 fully saturated rings. The number of hydrogen-bond acceptors (Lipinski definition) is 4. The predicted molar refractivity (Wildman–Crippen MR) is 76.8 cm³/mol. The Morgan fingerprint density at radius 1 is 1.15 bits per heavy atom. The number of halogens is 1. The maximum absolute atomic E-state index is 11.6. The molecular formula is C14H13ClO4S. The van der Waals surface area contributed by atoms with Gasteiger partial charge < -0.3 is 9.47 Å². The fourth-order valence-electron chi connectivity index (χ4n) is 2.34. The number of ether oxygens (including phenoxy) is 2. The largest absolute Gasteiger partial charge is 0.487 e. The molecule has 1 aliphatic heterocycles. The van der Waals surface area contributed by atoms with E-state index in [-0.39, 0.29) is 11.0 Å². The van der Waals surface area contributed by atoms with E-state index < -0.39 is 9.05 Å². The fraction of sp³-hybridized carbons (Fsp3) is 0.286. The Bertz CT molecular complexity index is 736. The highest BCUT2D eigenvalue weighted by atomic mass is 35.7. The summed E-state index contributed by atoms with van der Waals surface area (Å²) in [6, 6.07) is 10.3. The SMILES string of the molecule is O=S(=O)(Cl)c1ccc(OC2CCOC2)c2ccccc12. The van der Waals surface area contributed by atoms with Crippen molar-refractivity contribution in [1.82, 2.24) is 0 Å². The lowest BCUT2D eigenvalue weighted by Gasteiger charge is -2.15. The molecule has 0 saturated carbocycles. The molecule has 0 amide bonds. The van der Waals surface area contributed by atoms with Gasteiger partial charge >= 0.3 is 0 Å². The van der Waals surface area contributed by atoms with Crippen molar-refractivity contribution in [2.75, 3.05) is 13.2 Å². The normalized spacial score (nSPS) is 19.4. The van der Waals surface area contributed by atoms with E-state index in [0.29, 0.717) is 24.3 Å². The van der Waals surface area contributed by atoms with Gasteiger partial charge in [-0.1, -0.05) is 24.3 Å². The first-order valence-electron chi connectivity index (χ1n) is 6.26. The van der Waals surface area contributed by atoms with E-state index in [2.05, 4.69) is 0 Å². The molecule has 6 heteroatoms. The third-order valence-electron chi connectivity index (χ3n) is 3.29. The van der Waals surface area contributed by atoms with Gasteiger partial charge in [-0.2, -0.15) is 0 Å². The Kier molecular flexibility index (Phi) is 3.58. The maximum Gasteiger partial charge on any atom is 0.261 e. The molecule has 0 N–H and O–H groups in total. The second-order valence-corrected chi connectivity index (χ2v) is 7.18. The summed E-state index contributed by atoms with van der Waals surface area (Å²) in [5, 5.41) is 1.31. The number of fused-ring (bicyclic) bond motifs is 1. The zero-order valence-electron chi connectivity index (χ0n) is 10.6. The van der Waals surface area contributed by atoms with Gasteiger partial charge in [0.05, 0.1) is 18.1 Å². The quantitative estimate of drug-likeness (QED) is 0.818. The van der Waals surface area contributed by atoms with E-state index >= 15 is 0 Å². The molecule has 1 unspecified atom stereocenters. The fourth-order valence-corrected chi connectivity index (χ4v) is 3.42. The third-order valence-corrected chi connectivity index (χ3v) is 4.67. The first-order chi connectivity index (χ1) is 9.55. The van der Waals surface area contributed by atoms with E-state index in [1.54, 1.807) is 18.2 Å². The highest BCUT2D eigenvalue weighted by Crippen LogP contribution is 2.33. The van der Waals surface area contributed by atoms with Crippen molar-refractivity contribution in [2.24, 2.45) is 0 Å². The van der Waals surface area contributed by atoms with E-state index in [4.69, 9.17) is 20.2 Å². The van der Waals surface area contributed by atoms with Gasteiger partial charge in [0.25, 0.3) is 9.05 Å². The molecule has 2 aromatic rings. The van der Waals surface area contributed by atoms with Crippen molar-refractivity contribution in [3.05, 3.63) is 36.4 Å². The van der Waals surface area contributed by atoms with Crippen molar-refractivity contribution >= 4 is 30.5 Å². The molecule has 0 bridgehead atoms. The monoisotopic (exact) mass is 312 g/mol. The van der Waals surface area contributed by atoms with E-state index in [9.17, 15) is 8.42 Å². The van der Waals surface area contributed by atoms with Crippen molar-refractivity contribution in [2.45, 2.75) is 17.4 Å². The molecule has 0 aromatic heterocycles. The molecule has 0 spiro atoms. The summed E-state index contributed by atoms with van der Waals surface area (Å²) < 4.78 is 34.4. The van der Waals surface area contributed by atoms with Crippen LogP contribution in [0.5, 0.6) is 5.75 Å². The average molecular weight is 313 g/mol. The van der Waals surface area contributed by atoms with Crippen LogP contribution in [-0.2, 0) is 13.8 Å². The van der Waals surface area contributed by atoms with Crippen LogP contribution in [0.2, 0.25) is 0 Å². The summed E-state index contributed by atoms with van der Waals surface area (Å²) in [5.74, 6) is 0.653. The van der Waals surface area contributed by atoms with Gasteiger partial charge in [-0.05, 0) is 12.1 Å². The van der Waals surface area contributed by atoms with E-state index in [0.717, 1.165) is 11.8 Å². The van der Waals surface area contributed by atoms with Crippen molar-refractivity contribution in [3.8, 4) is 5.75 Å². The van der Waals surface area contributed by atoms with Crippen molar-refractivity contribution in [1.29, 1.82) is 0 Å². The molecule has 4 nitrogen and oxygen atoms in total. The highest BCUT2D eigenvalue weighted by molar-refractivity contribution is 8.14. The summed E-state index contributed by atoms with van der Waals surface area (Å²) in [5.41, 5.74) is 0. The highest BCUT2D eigenvalue weighted by Gasteiger charge is 2.20. The summed E-state index contributed by atoms with van der Waals surface area (Å²) >= 11 is 0. The summed E-state index contributed by atoms with van der Waals surface area (Å²) in [6.45, 7) is 1.25. The van der Waals surface area contributed by atoms with Crippen LogP contribution in [0.25, 0.3) is 10.8 Å². The Balaban J connectivity index is 2.11. The van der Waals surface area contributed by atoms with Crippen LogP contribution in [0, 0.1) is 0 Å². The van der Waals surface area contributed by atoms with E-state index in [1.165, 1.54) is 6.07 Å². The number of hydrogen-bond donors (Lipinski definition) is 0. The minimum absolute atomic E-state index is 0.0110. The Morgan fingerprint density at radius 2 is 1.90 bits per heavy atom. The van der Waals surface area contributed by atoms with Crippen molar-refractivity contribution in [3.63, 3.8) is 0 Å². The number of benzene rings is 2. The smallest absolute Gasteiger partial charge is 0.261 e. The standard InChI is InChI=1S/C14H13ClO4S/c15-20(16,17)14-6-5-13(19-10-7-8-18-9-10)11-3-1-2-4-12(11)14/h1-6,10H,7-9H2. The lowest BCUT2D eigenvalue weighted by atomic mass is 10.1. The molecular weight excluding hydrogens is 300 g/mol. The van der Waals surface area contributed by atoms with Gasteiger partial charge in [-0.25, -0.2) is 8.42 Å². The van der Waals surface area contributed by atoms with Gasteiger partial charge in [-0.3, -0.25) is 0 Å². The molecule has 0 aliphatic carbocycles. The molecule has 20 heavy (non-hydrogen) atoms. The molecule has 1 heterocycles. The van der Waals surface area contributed by atoms with Crippen LogP contribution in [0.15, 0.2) is 41.3 Å². The van der Waals surface area contributed by atoms with Gasteiger partial charge in [0, 0.05) is 27.9 Å². The van der Waals surface area contributed by atoms with Gasteiger partial charge in [0.1, 0.15) is 11.9 Å². The number of rotatable bonds is 3. The minimum atomic E-state index is -3.78. The van der Waals surface area contributed by atoms with Gasteiger partial charge in [0.15, 0.2) is 0 Å². The van der Waals surface area contributed by atoms with Crippen LogP contribution >= 0.6 is 10.7 Å². The Morgan fingerprint density at radius 3 is 2.55 bits per heavy atom. The summed E-state index contributed by atoms with van der Waals surface area (Å²) in [7, 11) is 1.69. The topological polar surface area (TPSA) is 52.6 Å². The average Bonchev–Trinajstić information content (AvgIpc) is 2.90. The molecule has 3 rings (SSSR count). The van der Waals surface area contributed by atoms with Crippen LogP contribution in [0.3, 0.4) is 0 Å². The Labute approximate surface area is 121 Å². The lowest BCUT2D eigenvalue weighted by Crippen LogP contribution is -2.15. The van der Waals surface area contributed by atoms with Crippen LogP contribution in [-0.4, -0.2) is 27.7 Å². The van der Waals surface area contributed by atoms with Crippen LogP contribution in [0.4, 0.5) is 0 Å². The molecule has 106 valence electrons. The summed E-state index contributed by atoms with van der Waals surface area (Å²) in [6.07, 6.45) is 0.848. The zero-order valence-corrected chi connectivity index (χ0v) is 12.2. The van der Waals surface area contributed by atoms with E-state index in [1.807, 2.05) is 12.1 Å². The minimum Gasteiger partial charge on any atom is -0.487 e. The first kappa shape index (κ1) is 13.7. The molecule has 1 aliphatic rings. The first-order valence-corrected chi connectivity index (χ1v) is 8.57. The molecule has 1 saturated heterocycles. The second kappa shape index (κ2) is 5.24. The van der Waals surface area contributed by atoms with Crippen molar-refractivity contribution < 1.29 is 17.9 Å². The maximum atomic E-state index is 11.6. The van der Waals surface area contributed by atoms with Gasteiger partial charge in [0.2, 0.25) is 0 Å². The third kappa shape index (κ3) is 2.61.